The van der Waals surface area contributed by atoms with Crippen molar-refractivity contribution in [2.45, 2.75) is 6.61 Å². The van der Waals surface area contributed by atoms with Gasteiger partial charge >= 0.3 is 5.97 Å². The van der Waals surface area contributed by atoms with Crippen LogP contribution in [0, 0.1) is 10.1 Å². The number of nitrogens with zero attached hydrogens (tertiary/aromatic N) is 3. The van der Waals surface area contributed by atoms with Crippen molar-refractivity contribution in [3.63, 3.8) is 0 Å². The van der Waals surface area contributed by atoms with Gasteiger partial charge < -0.3 is 4.74 Å². The van der Waals surface area contributed by atoms with Gasteiger partial charge in [-0.05, 0) is 23.8 Å². The molecule has 0 unspecified atom stereocenters. The monoisotopic (exact) mass is 407 g/mol. The third-order valence-corrected chi connectivity index (χ3v) is 5.13. The Balaban J connectivity index is 1.48. The Morgan fingerprint density at radius 3 is 2.86 bits per heavy atom. The molecule has 8 nitrogen and oxygen atoms in total. The van der Waals surface area contributed by atoms with Crippen LogP contribution in [0.2, 0.25) is 0 Å². The predicted octanol–water partition coefficient (Wildman–Crippen LogP) is 3.57. The third kappa shape index (κ3) is 3.90. The average molecular weight is 407 g/mol. The zero-order chi connectivity index (χ0) is 20.4. The second kappa shape index (κ2) is 7.64. The Kier molecular flexibility index (Phi) is 4.88. The van der Waals surface area contributed by atoms with E-state index in [1.54, 1.807) is 6.07 Å². The van der Waals surface area contributed by atoms with E-state index in [4.69, 9.17) is 4.74 Å². The molecule has 0 N–H and O–H groups in total. The Labute approximate surface area is 167 Å². The number of ether oxygens (including phenoxy) is 1. The molecule has 9 heteroatoms. The molecule has 4 rings (SSSR count). The lowest BCUT2D eigenvalue weighted by Crippen LogP contribution is -2.14. The van der Waals surface area contributed by atoms with E-state index in [0.29, 0.717) is 16.2 Å². The minimum atomic E-state index is -0.644. The molecule has 0 spiro atoms. The van der Waals surface area contributed by atoms with Gasteiger partial charge in [0.25, 0.3) is 11.2 Å². The summed E-state index contributed by atoms with van der Waals surface area (Å²) >= 11 is 1.38. The van der Waals surface area contributed by atoms with Gasteiger partial charge in [-0.1, -0.05) is 35.6 Å². The van der Waals surface area contributed by atoms with Gasteiger partial charge in [0.2, 0.25) is 0 Å². The Morgan fingerprint density at radius 1 is 1.21 bits per heavy atom. The van der Waals surface area contributed by atoms with Gasteiger partial charge in [-0.25, -0.2) is 9.78 Å². The molecule has 144 valence electrons. The molecule has 0 radical (unpaired) electrons. The van der Waals surface area contributed by atoms with Crippen LogP contribution in [0.15, 0.2) is 65.5 Å². The van der Waals surface area contributed by atoms with Crippen molar-refractivity contribution in [3.05, 3.63) is 92.4 Å². The number of non-ortho nitro benzene ring substituents is 1. The molecule has 2 heterocycles. The highest BCUT2D eigenvalue weighted by atomic mass is 32.1. The first-order valence-corrected chi connectivity index (χ1v) is 9.32. The molecule has 0 aliphatic rings. The van der Waals surface area contributed by atoms with E-state index in [9.17, 15) is 19.7 Å². The number of benzene rings is 2. The minimum absolute atomic E-state index is 0.0678. The first-order chi connectivity index (χ1) is 14.0. The highest BCUT2D eigenvalue weighted by Gasteiger charge is 2.10. The molecule has 0 aliphatic heterocycles. The molecule has 0 bridgehead atoms. The van der Waals surface area contributed by atoms with Gasteiger partial charge in [0, 0.05) is 24.3 Å². The lowest BCUT2D eigenvalue weighted by atomic mass is 10.2. The predicted molar refractivity (Wildman–Crippen MR) is 109 cm³/mol. The molecule has 4 aromatic rings. The highest BCUT2D eigenvalue weighted by Crippen LogP contribution is 2.23. The van der Waals surface area contributed by atoms with Crippen LogP contribution in [-0.2, 0) is 16.1 Å². The number of aromatic nitrogens is 2. The molecule has 0 amide bonds. The molecule has 0 aliphatic carbocycles. The number of thiazole rings is 1. The minimum Gasteiger partial charge on any atom is -0.456 e. The number of fused-ring (bicyclic) bond motifs is 3. The summed E-state index contributed by atoms with van der Waals surface area (Å²) in [5.74, 6) is -0.644. The summed E-state index contributed by atoms with van der Waals surface area (Å²) in [5.41, 5.74) is 1.32. The van der Waals surface area contributed by atoms with Gasteiger partial charge in [-0.2, -0.15) is 0 Å². The number of rotatable bonds is 5. The van der Waals surface area contributed by atoms with Crippen molar-refractivity contribution in [1.82, 2.24) is 9.38 Å². The van der Waals surface area contributed by atoms with Crippen LogP contribution in [0.4, 0.5) is 5.69 Å². The van der Waals surface area contributed by atoms with E-state index in [0.717, 1.165) is 10.2 Å². The van der Waals surface area contributed by atoms with Crippen LogP contribution >= 0.6 is 11.3 Å². The summed E-state index contributed by atoms with van der Waals surface area (Å²) < 4.78 is 7.60. The lowest BCUT2D eigenvalue weighted by Gasteiger charge is -2.02. The van der Waals surface area contributed by atoms with E-state index in [2.05, 4.69) is 4.98 Å². The van der Waals surface area contributed by atoms with Gasteiger partial charge in [-0.15, -0.1) is 0 Å². The molecule has 0 atom stereocenters. The number of carbonyl (C=O) groups excluding carboxylic acids is 1. The van der Waals surface area contributed by atoms with Crippen molar-refractivity contribution >= 4 is 44.2 Å². The van der Waals surface area contributed by atoms with Crippen molar-refractivity contribution in [3.8, 4) is 0 Å². The maximum absolute atomic E-state index is 12.4. The summed E-state index contributed by atoms with van der Waals surface area (Å²) in [6.07, 6.45) is 2.59. The van der Waals surface area contributed by atoms with Gasteiger partial charge in [-0.3, -0.25) is 19.3 Å². The van der Waals surface area contributed by atoms with Crippen LogP contribution in [-0.4, -0.2) is 20.3 Å². The molecule has 2 aromatic heterocycles. The van der Waals surface area contributed by atoms with Crippen LogP contribution in [0.25, 0.3) is 21.3 Å². The standard InChI is InChI=1S/C20H13N3O5S/c24-18-11-14(21-20-22(18)16-6-1-2-7-17(16)29-20)12-28-19(25)9-8-13-4-3-5-15(10-13)23(26)27/h1-11H,12H2/b9-8+. The molecule has 0 saturated carbocycles. The largest absolute Gasteiger partial charge is 0.456 e. The Morgan fingerprint density at radius 2 is 2.03 bits per heavy atom. The van der Waals surface area contributed by atoms with Gasteiger partial charge in [0.05, 0.1) is 20.8 Å². The smallest absolute Gasteiger partial charge is 0.331 e. The van der Waals surface area contributed by atoms with E-state index >= 15 is 0 Å². The number of nitro groups is 1. The number of nitro benzene ring substituents is 1. The molecular weight excluding hydrogens is 394 g/mol. The summed E-state index contributed by atoms with van der Waals surface area (Å²) in [7, 11) is 0. The fourth-order valence-corrected chi connectivity index (χ4v) is 3.85. The quantitative estimate of drug-likeness (QED) is 0.217. The first-order valence-electron chi connectivity index (χ1n) is 8.51. The van der Waals surface area contributed by atoms with E-state index in [1.165, 1.54) is 52.2 Å². The summed E-state index contributed by atoms with van der Waals surface area (Å²) in [6.45, 7) is -0.155. The van der Waals surface area contributed by atoms with E-state index in [1.807, 2.05) is 24.3 Å². The zero-order valence-corrected chi connectivity index (χ0v) is 15.7. The van der Waals surface area contributed by atoms with E-state index < -0.39 is 10.9 Å². The third-order valence-electron chi connectivity index (χ3n) is 4.10. The van der Waals surface area contributed by atoms with Crippen molar-refractivity contribution in [1.29, 1.82) is 0 Å². The van der Waals surface area contributed by atoms with Crippen molar-refractivity contribution < 1.29 is 14.5 Å². The fourth-order valence-electron chi connectivity index (χ4n) is 2.80. The number of hydrogen-bond donors (Lipinski definition) is 0. The van der Waals surface area contributed by atoms with Crippen molar-refractivity contribution in [2.75, 3.05) is 0 Å². The van der Waals surface area contributed by atoms with Crippen LogP contribution in [0.5, 0.6) is 0 Å². The molecular formula is C20H13N3O5S. The summed E-state index contributed by atoms with van der Waals surface area (Å²) in [4.78, 5) is 39.6. The van der Waals surface area contributed by atoms with Crippen LogP contribution in [0.3, 0.4) is 0 Å². The first kappa shape index (κ1) is 18.5. The average Bonchev–Trinajstić information content (AvgIpc) is 3.09. The number of carbonyl (C=O) groups is 1. The normalized spacial score (nSPS) is 11.3. The summed E-state index contributed by atoms with van der Waals surface area (Å²) in [5, 5.41) is 10.8. The Bertz CT molecular complexity index is 1340. The number of hydrogen-bond acceptors (Lipinski definition) is 7. The zero-order valence-electron chi connectivity index (χ0n) is 14.8. The summed E-state index contributed by atoms with van der Waals surface area (Å²) in [6, 6.07) is 14.7. The maximum atomic E-state index is 12.4. The van der Waals surface area contributed by atoms with Crippen LogP contribution in [0.1, 0.15) is 11.3 Å². The second-order valence-electron chi connectivity index (χ2n) is 6.07. The molecule has 0 fully saturated rings. The highest BCUT2D eigenvalue weighted by molar-refractivity contribution is 7.23. The number of para-hydroxylation sites is 1. The van der Waals surface area contributed by atoms with Gasteiger partial charge in [0.15, 0.2) is 4.96 Å². The second-order valence-corrected chi connectivity index (χ2v) is 7.08. The lowest BCUT2D eigenvalue weighted by molar-refractivity contribution is -0.384. The topological polar surface area (TPSA) is 104 Å². The van der Waals surface area contributed by atoms with Crippen molar-refractivity contribution in [2.24, 2.45) is 0 Å². The number of esters is 1. The van der Waals surface area contributed by atoms with E-state index in [-0.39, 0.29) is 17.9 Å². The Hall–Kier alpha value is -3.85. The maximum Gasteiger partial charge on any atom is 0.331 e. The molecule has 0 saturated heterocycles. The fraction of sp³-hybridized carbons (Fsp3) is 0.0500. The van der Waals surface area contributed by atoms with Gasteiger partial charge in [0.1, 0.15) is 6.61 Å². The molecule has 29 heavy (non-hydrogen) atoms. The molecule has 2 aromatic carbocycles. The van der Waals surface area contributed by atoms with Crippen LogP contribution < -0.4 is 5.56 Å². The SMILES string of the molecule is O=C(/C=C/c1cccc([N+](=O)[O-])c1)OCc1cc(=O)n2c(n1)sc1ccccc12.